The Balaban J connectivity index is 2.12. The monoisotopic (exact) mass is 397 g/mol. The molecule has 1 aromatic heterocycles. The highest BCUT2D eigenvalue weighted by Crippen LogP contribution is 2.25. The number of nitrogens with zero attached hydrogens (tertiary/aromatic N) is 1. The van der Waals surface area contributed by atoms with Crippen LogP contribution < -0.4 is 9.88 Å². The van der Waals surface area contributed by atoms with Crippen molar-refractivity contribution in [1.29, 1.82) is 0 Å². The topological polar surface area (TPSA) is 56.4 Å². The Morgan fingerprint density at radius 2 is 1.70 bits per heavy atom. The normalized spacial score (nSPS) is 11.6. The Morgan fingerprint density at radius 3 is 2.41 bits per heavy atom. The van der Waals surface area contributed by atoms with E-state index in [1.54, 1.807) is 53.4 Å². The van der Waals surface area contributed by atoms with Gasteiger partial charge in [0.2, 0.25) is 5.76 Å². The summed E-state index contributed by atoms with van der Waals surface area (Å²) in [6.07, 6.45) is 3.46. The molecule has 0 aliphatic rings. The van der Waals surface area contributed by atoms with Crippen molar-refractivity contribution in [2.24, 2.45) is 0 Å². The third-order valence-electron chi connectivity index (χ3n) is 3.90. The summed E-state index contributed by atoms with van der Waals surface area (Å²) in [5.74, 6) is -0.0610. The first kappa shape index (κ1) is 19.0. The molecule has 3 N–H and O–H groups in total. The van der Waals surface area contributed by atoms with Crippen molar-refractivity contribution in [1.82, 2.24) is 0 Å². The summed E-state index contributed by atoms with van der Waals surface area (Å²) in [6, 6.07) is 20.0. The van der Waals surface area contributed by atoms with E-state index in [0.717, 1.165) is 5.69 Å². The average Bonchev–Trinajstić information content (AvgIpc) is 2.69. The third kappa shape index (κ3) is 4.52. The van der Waals surface area contributed by atoms with Crippen LogP contribution in [0.25, 0.3) is 11.5 Å². The third-order valence-corrected chi connectivity index (χ3v) is 4.53. The summed E-state index contributed by atoms with van der Waals surface area (Å²) >= 11 is 11.9. The van der Waals surface area contributed by atoms with E-state index in [9.17, 15) is 10.2 Å². The molecule has 0 bridgehead atoms. The Kier molecular flexibility index (Phi) is 6.19. The van der Waals surface area contributed by atoms with Gasteiger partial charge < -0.3 is 15.5 Å². The molecule has 1 heterocycles. The molecular formula is C21H18ClN2O2S+. The van der Waals surface area contributed by atoms with E-state index >= 15 is 0 Å². The van der Waals surface area contributed by atoms with Crippen LogP contribution in [0.5, 0.6) is 0 Å². The Hall–Kier alpha value is -2.73. The number of rotatable bonds is 5. The molecule has 4 nitrogen and oxygen atoms in total. The van der Waals surface area contributed by atoms with Gasteiger partial charge in [-0.05, 0) is 30.3 Å². The lowest BCUT2D eigenvalue weighted by Gasteiger charge is -2.11. The number of para-hydroxylation sites is 1. The molecule has 3 rings (SSSR count). The lowest BCUT2D eigenvalue weighted by Crippen LogP contribution is -2.39. The fourth-order valence-electron chi connectivity index (χ4n) is 2.60. The minimum Gasteiger partial charge on any atom is -0.502 e. The number of aromatic nitrogens is 1. The van der Waals surface area contributed by atoms with Gasteiger partial charge in [-0.15, -0.1) is 0 Å². The van der Waals surface area contributed by atoms with Crippen LogP contribution in [0.2, 0.25) is 5.02 Å². The quantitative estimate of drug-likeness (QED) is 0.258. The maximum atomic E-state index is 11.0. The van der Waals surface area contributed by atoms with E-state index in [1.165, 1.54) is 0 Å². The Bertz CT molecular complexity index is 990. The zero-order valence-corrected chi connectivity index (χ0v) is 15.9. The molecule has 0 aliphatic carbocycles. The number of aliphatic hydroxyl groups is 2. The standard InChI is InChI=1S/C21H17ClN2O2S/c22-18-11-5-4-10-17(18)20(26)19(24-12-6-7-15(13-24)14-25)21(27)23-16-8-2-1-3-9-16/h1-13,25H,14H2,(H-,23,26,27)/p+1. The zero-order chi connectivity index (χ0) is 19.2. The summed E-state index contributed by atoms with van der Waals surface area (Å²) < 4.78 is 1.67. The lowest BCUT2D eigenvalue weighted by atomic mass is 10.1. The second-order valence-electron chi connectivity index (χ2n) is 5.77. The molecule has 0 saturated carbocycles. The van der Waals surface area contributed by atoms with Crippen LogP contribution in [-0.4, -0.2) is 15.2 Å². The number of anilines is 1. The van der Waals surface area contributed by atoms with Crippen LogP contribution in [0, 0.1) is 0 Å². The second kappa shape index (κ2) is 8.77. The number of halogens is 1. The van der Waals surface area contributed by atoms with Gasteiger partial charge in [-0.1, -0.05) is 54.2 Å². The minimum absolute atomic E-state index is 0.0610. The number of thiocarbonyl (C=S) groups is 1. The van der Waals surface area contributed by atoms with Crippen molar-refractivity contribution >= 4 is 46.0 Å². The highest BCUT2D eigenvalue weighted by Gasteiger charge is 2.25. The highest BCUT2D eigenvalue weighted by atomic mass is 35.5. The van der Waals surface area contributed by atoms with Crippen molar-refractivity contribution in [3.63, 3.8) is 0 Å². The number of pyridine rings is 1. The van der Waals surface area contributed by atoms with Crippen LogP contribution in [0.15, 0.2) is 79.1 Å². The molecule has 0 saturated heterocycles. The predicted octanol–water partition coefficient (Wildman–Crippen LogP) is 4.44. The molecule has 0 radical (unpaired) electrons. The number of benzene rings is 2. The SMILES string of the molecule is OCc1ccc[n+](/C(C(=S)Nc2ccccc2)=C(\O)c2ccccc2Cl)c1. The zero-order valence-electron chi connectivity index (χ0n) is 14.3. The van der Waals surface area contributed by atoms with Gasteiger partial charge in [0.15, 0.2) is 17.4 Å². The maximum Gasteiger partial charge on any atom is 0.288 e. The summed E-state index contributed by atoms with van der Waals surface area (Å²) in [6.45, 7) is -0.125. The van der Waals surface area contributed by atoms with Gasteiger partial charge >= 0.3 is 0 Å². The van der Waals surface area contributed by atoms with Crippen LogP contribution in [0.3, 0.4) is 0 Å². The van der Waals surface area contributed by atoms with Crippen LogP contribution in [0.1, 0.15) is 11.1 Å². The summed E-state index contributed by atoms with van der Waals surface area (Å²) in [5.41, 5.74) is 2.31. The van der Waals surface area contributed by atoms with E-state index in [-0.39, 0.29) is 12.4 Å². The molecule has 136 valence electrons. The van der Waals surface area contributed by atoms with E-state index in [0.29, 0.717) is 26.8 Å². The highest BCUT2D eigenvalue weighted by molar-refractivity contribution is 7.81. The first-order valence-corrected chi connectivity index (χ1v) is 9.04. The molecule has 27 heavy (non-hydrogen) atoms. The largest absolute Gasteiger partial charge is 0.502 e. The maximum absolute atomic E-state index is 11.0. The molecule has 0 unspecified atom stereocenters. The van der Waals surface area contributed by atoms with Gasteiger partial charge in [-0.25, -0.2) is 0 Å². The van der Waals surface area contributed by atoms with E-state index < -0.39 is 0 Å². The molecule has 0 fully saturated rings. The first-order chi connectivity index (χ1) is 13.1. The summed E-state index contributed by atoms with van der Waals surface area (Å²) in [4.78, 5) is 0.318. The van der Waals surface area contributed by atoms with Crippen LogP contribution in [0.4, 0.5) is 5.69 Å². The number of hydrogen-bond donors (Lipinski definition) is 3. The molecular weight excluding hydrogens is 380 g/mol. The molecule has 6 heteroatoms. The van der Waals surface area contributed by atoms with Crippen molar-refractivity contribution in [3.05, 3.63) is 95.3 Å². The van der Waals surface area contributed by atoms with Crippen molar-refractivity contribution in [3.8, 4) is 0 Å². The smallest absolute Gasteiger partial charge is 0.288 e. The van der Waals surface area contributed by atoms with Crippen molar-refractivity contribution < 1.29 is 14.8 Å². The molecule has 0 aliphatic heterocycles. The fourth-order valence-corrected chi connectivity index (χ4v) is 3.14. The molecule has 0 amide bonds. The van der Waals surface area contributed by atoms with Gasteiger partial charge in [0.05, 0.1) is 11.6 Å². The van der Waals surface area contributed by atoms with Gasteiger partial charge in [-0.3, -0.25) is 0 Å². The lowest BCUT2D eigenvalue weighted by molar-refractivity contribution is -0.576. The number of aliphatic hydroxyl groups excluding tert-OH is 2. The first-order valence-electron chi connectivity index (χ1n) is 8.26. The van der Waals surface area contributed by atoms with E-state index in [1.807, 2.05) is 30.3 Å². The van der Waals surface area contributed by atoms with E-state index in [2.05, 4.69) is 5.32 Å². The molecule has 3 aromatic rings. The molecule has 0 atom stereocenters. The second-order valence-corrected chi connectivity index (χ2v) is 6.59. The van der Waals surface area contributed by atoms with Crippen molar-refractivity contribution in [2.75, 3.05) is 5.32 Å². The fraction of sp³-hybridized carbons (Fsp3) is 0.0476. The Labute approximate surface area is 168 Å². The van der Waals surface area contributed by atoms with Crippen LogP contribution >= 0.6 is 23.8 Å². The van der Waals surface area contributed by atoms with Crippen molar-refractivity contribution in [2.45, 2.75) is 6.61 Å². The van der Waals surface area contributed by atoms with Gasteiger partial charge in [0.1, 0.15) is 0 Å². The summed E-state index contributed by atoms with van der Waals surface area (Å²) in [7, 11) is 0. The predicted molar refractivity (Wildman–Crippen MR) is 112 cm³/mol. The number of hydrogen-bond acceptors (Lipinski definition) is 3. The summed E-state index contributed by atoms with van der Waals surface area (Å²) in [5, 5.41) is 24.0. The number of nitrogens with one attached hydrogen (secondary N) is 1. The Morgan fingerprint density at radius 1 is 1.00 bits per heavy atom. The van der Waals surface area contributed by atoms with Gasteiger partial charge in [0.25, 0.3) is 5.70 Å². The van der Waals surface area contributed by atoms with E-state index in [4.69, 9.17) is 23.8 Å². The van der Waals surface area contributed by atoms with Gasteiger partial charge in [-0.2, -0.15) is 4.57 Å². The minimum atomic E-state index is -0.125. The average molecular weight is 398 g/mol. The molecule has 2 aromatic carbocycles. The van der Waals surface area contributed by atoms with Crippen LogP contribution in [-0.2, 0) is 6.61 Å². The van der Waals surface area contributed by atoms with Gasteiger partial charge in [0, 0.05) is 22.9 Å². The molecule has 0 spiro atoms.